The van der Waals surface area contributed by atoms with Crippen molar-refractivity contribution in [1.82, 2.24) is 0 Å². The van der Waals surface area contributed by atoms with Crippen LogP contribution in [0.3, 0.4) is 0 Å². The van der Waals surface area contributed by atoms with Gasteiger partial charge in [-0.2, -0.15) is 0 Å². The topological polar surface area (TPSA) is 61.8 Å². The van der Waals surface area contributed by atoms with E-state index in [2.05, 4.69) is 0 Å². The number of hydrogen-bond donors (Lipinski definition) is 0. The molecule has 1 aliphatic rings. The second kappa shape index (κ2) is 8.81. The lowest BCUT2D eigenvalue weighted by Gasteiger charge is -2.32. The van der Waals surface area contributed by atoms with Gasteiger partial charge in [0.1, 0.15) is 0 Å². The highest BCUT2D eigenvalue weighted by atomic mass is 31.2. The van der Waals surface area contributed by atoms with E-state index in [-0.39, 0.29) is 17.8 Å². The van der Waals surface area contributed by atoms with Crippen LogP contribution in [0.1, 0.15) is 46.5 Å². The van der Waals surface area contributed by atoms with Crippen molar-refractivity contribution in [3.63, 3.8) is 0 Å². The quantitative estimate of drug-likeness (QED) is 0.506. The number of hydrogen-bond acceptors (Lipinski definition) is 5. The first-order valence-corrected chi connectivity index (χ1v) is 9.25. The fraction of sp³-hybridized carbons (Fsp3) is 0.929. The van der Waals surface area contributed by atoms with Gasteiger partial charge in [-0.05, 0) is 38.5 Å². The average molecular weight is 306 g/mol. The molecule has 0 saturated heterocycles. The van der Waals surface area contributed by atoms with Crippen molar-refractivity contribution in [3.05, 3.63) is 0 Å². The van der Waals surface area contributed by atoms with E-state index in [1.165, 1.54) is 6.92 Å². The molecule has 0 amide bonds. The summed E-state index contributed by atoms with van der Waals surface area (Å²) in [6.07, 6.45) is 4.70. The van der Waals surface area contributed by atoms with Gasteiger partial charge >= 0.3 is 13.6 Å². The van der Waals surface area contributed by atoms with Crippen molar-refractivity contribution in [2.75, 3.05) is 26.0 Å². The average Bonchev–Trinajstić information content (AvgIpc) is 2.38. The monoisotopic (exact) mass is 306 g/mol. The van der Waals surface area contributed by atoms with Crippen LogP contribution in [0.2, 0.25) is 0 Å². The van der Waals surface area contributed by atoms with E-state index >= 15 is 0 Å². The predicted molar refractivity (Wildman–Crippen MR) is 77.8 cm³/mol. The highest BCUT2D eigenvalue weighted by molar-refractivity contribution is 7.53. The summed E-state index contributed by atoms with van der Waals surface area (Å²) in [4.78, 5) is 11.0. The Morgan fingerprint density at radius 3 is 2.15 bits per heavy atom. The molecule has 0 aromatic carbocycles. The van der Waals surface area contributed by atoms with Crippen molar-refractivity contribution >= 4 is 13.6 Å². The van der Waals surface area contributed by atoms with Crippen molar-refractivity contribution < 1.29 is 23.1 Å². The molecular formula is C14H27O5P. The number of carbonyl (C=O) groups excluding carboxylic acids is 1. The van der Waals surface area contributed by atoms with E-state index in [1.807, 2.05) is 13.8 Å². The molecule has 0 bridgehead atoms. The third-order valence-corrected chi connectivity index (χ3v) is 5.90. The number of ether oxygens (including phenoxy) is 1. The highest BCUT2D eigenvalue weighted by Gasteiger charge is 2.34. The lowest BCUT2D eigenvalue weighted by atomic mass is 9.81. The maximum absolute atomic E-state index is 12.6. The second-order valence-corrected chi connectivity index (χ2v) is 7.34. The molecule has 2 atom stereocenters. The molecule has 0 N–H and O–H groups in total. The normalized spacial score (nSPS) is 23.6. The Bertz CT molecular complexity index is 334. The first kappa shape index (κ1) is 17.7. The SMILES string of the molecule is CCOP(=O)(C[C@@H]1CCCC[C@@H]1COC(C)=O)OCC. The standard InChI is InChI=1S/C14H27O5P/c1-4-18-20(16,19-5-2)11-14-9-7-6-8-13(14)10-17-12(3)15/h13-14H,4-11H2,1-3H3/t13-,14+/m1/s1. The summed E-state index contributed by atoms with van der Waals surface area (Å²) in [6.45, 7) is 6.25. The van der Waals surface area contributed by atoms with Crippen LogP contribution >= 0.6 is 7.60 Å². The van der Waals surface area contributed by atoms with E-state index in [0.29, 0.717) is 26.0 Å². The summed E-state index contributed by atoms with van der Waals surface area (Å²) >= 11 is 0. The largest absolute Gasteiger partial charge is 0.466 e. The Labute approximate surface area is 121 Å². The van der Waals surface area contributed by atoms with Crippen LogP contribution in [0.5, 0.6) is 0 Å². The van der Waals surface area contributed by atoms with Gasteiger partial charge in [0, 0.05) is 6.92 Å². The third-order valence-electron chi connectivity index (χ3n) is 3.68. The molecule has 118 valence electrons. The molecule has 0 aromatic heterocycles. The van der Waals surface area contributed by atoms with Crippen molar-refractivity contribution in [2.45, 2.75) is 46.5 Å². The molecule has 0 aliphatic heterocycles. The van der Waals surface area contributed by atoms with Gasteiger partial charge in [-0.3, -0.25) is 9.36 Å². The number of carbonyl (C=O) groups is 1. The molecule has 6 heteroatoms. The maximum Gasteiger partial charge on any atom is 0.330 e. The molecule has 1 aliphatic carbocycles. The zero-order chi connectivity index (χ0) is 15.0. The van der Waals surface area contributed by atoms with E-state index in [0.717, 1.165) is 25.7 Å². The van der Waals surface area contributed by atoms with Crippen LogP contribution in [0, 0.1) is 11.8 Å². The first-order valence-electron chi connectivity index (χ1n) is 7.52. The highest BCUT2D eigenvalue weighted by Crippen LogP contribution is 2.52. The van der Waals surface area contributed by atoms with Crippen LogP contribution in [0.25, 0.3) is 0 Å². The summed E-state index contributed by atoms with van der Waals surface area (Å²) in [5, 5.41) is 0. The van der Waals surface area contributed by atoms with Gasteiger partial charge in [0.2, 0.25) is 0 Å². The Morgan fingerprint density at radius 2 is 1.65 bits per heavy atom. The van der Waals surface area contributed by atoms with Gasteiger partial charge in [-0.25, -0.2) is 0 Å². The van der Waals surface area contributed by atoms with E-state index in [9.17, 15) is 9.36 Å². The Balaban J connectivity index is 2.63. The van der Waals surface area contributed by atoms with Crippen molar-refractivity contribution in [3.8, 4) is 0 Å². The van der Waals surface area contributed by atoms with Crippen LogP contribution in [-0.2, 0) is 23.1 Å². The molecule has 0 aromatic rings. The van der Waals surface area contributed by atoms with Crippen LogP contribution in [-0.4, -0.2) is 32.0 Å². The molecule has 1 fully saturated rings. The molecule has 1 rings (SSSR count). The lowest BCUT2D eigenvalue weighted by Crippen LogP contribution is -2.28. The molecule has 0 radical (unpaired) electrons. The minimum absolute atomic E-state index is 0.243. The van der Waals surface area contributed by atoms with E-state index in [1.54, 1.807) is 0 Å². The minimum Gasteiger partial charge on any atom is -0.466 e. The van der Waals surface area contributed by atoms with Gasteiger partial charge in [0.15, 0.2) is 0 Å². The lowest BCUT2D eigenvalue weighted by molar-refractivity contribution is -0.143. The summed E-state index contributed by atoms with van der Waals surface area (Å²) in [6, 6.07) is 0. The summed E-state index contributed by atoms with van der Waals surface area (Å²) in [5.74, 6) is 0.251. The van der Waals surface area contributed by atoms with Gasteiger partial charge in [-0.1, -0.05) is 12.8 Å². The zero-order valence-electron chi connectivity index (χ0n) is 12.8. The van der Waals surface area contributed by atoms with Crippen LogP contribution < -0.4 is 0 Å². The van der Waals surface area contributed by atoms with E-state index < -0.39 is 7.60 Å². The number of esters is 1. The summed E-state index contributed by atoms with van der Waals surface area (Å²) < 4.78 is 28.5. The van der Waals surface area contributed by atoms with Crippen LogP contribution in [0.4, 0.5) is 0 Å². The molecule has 0 spiro atoms. The molecular weight excluding hydrogens is 279 g/mol. The van der Waals surface area contributed by atoms with E-state index in [4.69, 9.17) is 13.8 Å². The number of rotatable bonds is 8. The maximum atomic E-state index is 12.6. The third kappa shape index (κ3) is 5.94. The molecule has 0 unspecified atom stereocenters. The molecule has 20 heavy (non-hydrogen) atoms. The fourth-order valence-corrected chi connectivity index (χ4v) is 4.92. The van der Waals surface area contributed by atoms with Crippen molar-refractivity contribution in [2.24, 2.45) is 11.8 Å². The summed E-state index contributed by atoms with van der Waals surface area (Å²) in [5.41, 5.74) is 0. The Hall–Kier alpha value is -0.380. The second-order valence-electron chi connectivity index (χ2n) is 5.24. The summed E-state index contributed by atoms with van der Waals surface area (Å²) in [7, 11) is -3.01. The predicted octanol–water partition coefficient (Wildman–Crippen LogP) is 3.62. The van der Waals surface area contributed by atoms with Gasteiger partial charge in [-0.15, -0.1) is 0 Å². The van der Waals surface area contributed by atoms with Gasteiger partial charge in [0.05, 0.1) is 26.0 Å². The Morgan fingerprint density at radius 1 is 1.10 bits per heavy atom. The van der Waals surface area contributed by atoms with Gasteiger partial charge in [0.25, 0.3) is 0 Å². The van der Waals surface area contributed by atoms with Crippen molar-refractivity contribution in [1.29, 1.82) is 0 Å². The van der Waals surface area contributed by atoms with Gasteiger partial charge < -0.3 is 13.8 Å². The smallest absolute Gasteiger partial charge is 0.330 e. The molecule has 0 heterocycles. The minimum atomic E-state index is -3.01. The Kier molecular flexibility index (Phi) is 7.78. The first-order chi connectivity index (χ1) is 9.50. The fourth-order valence-electron chi connectivity index (χ4n) is 2.79. The van der Waals surface area contributed by atoms with Crippen LogP contribution in [0.15, 0.2) is 0 Å². The molecule has 5 nitrogen and oxygen atoms in total. The molecule has 1 saturated carbocycles. The zero-order valence-corrected chi connectivity index (χ0v) is 13.7.